The van der Waals surface area contributed by atoms with E-state index in [1.807, 2.05) is 18.2 Å². The number of nitrogens with zero attached hydrogens (tertiary/aromatic N) is 2. The maximum absolute atomic E-state index is 13.7. The first kappa shape index (κ1) is 27.8. The van der Waals surface area contributed by atoms with E-state index in [4.69, 9.17) is 18.9 Å². The minimum Gasteiger partial charge on any atom is -0.496 e. The molecule has 212 valence electrons. The first-order chi connectivity index (χ1) is 19.1. The Hall–Kier alpha value is -2.77. The number of fused-ring (bicyclic) bond motifs is 1. The molecule has 0 radical (unpaired) electrons. The molecule has 2 unspecified atom stereocenters. The molecular formula is C32H44N2O5. The Morgan fingerprint density at radius 3 is 2.72 bits per heavy atom. The standard InChI is InChI=1S/C32H44N2O5/c1-4-5-15-33(16-8-17-36-2)31(35)22-34-21-26(25-12-14-29-30(18-25)39-23-38-29)19-32(34)20-27(32)13-11-24-9-6-7-10-28(24)37-3/h6-7,9-10,12,14,18,26-27H,4-5,8,11,13,15-17,19-23H2,1-3H3/t26-,27?,32?/m1/s1. The summed E-state index contributed by atoms with van der Waals surface area (Å²) in [7, 11) is 3.47. The fourth-order valence-electron chi connectivity index (χ4n) is 6.67. The van der Waals surface area contributed by atoms with Crippen molar-refractivity contribution in [2.75, 3.05) is 53.8 Å². The van der Waals surface area contributed by atoms with Gasteiger partial charge in [-0.1, -0.05) is 37.6 Å². The fourth-order valence-corrected chi connectivity index (χ4v) is 6.67. The Balaban J connectivity index is 1.31. The molecule has 2 aromatic rings. The topological polar surface area (TPSA) is 60.5 Å². The van der Waals surface area contributed by atoms with Crippen LogP contribution in [0.4, 0.5) is 0 Å². The highest BCUT2D eigenvalue weighted by Crippen LogP contribution is 2.60. The molecule has 2 aliphatic heterocycles. The lowest BCUT2D eigenvalue weighted by atomic mass is 9.93. The SMILES string of the molecule is CCCCN(CCCOC)C(=O)CN1C[C@H](c2ccc3c(c2)OCO3)CC12CC2CCc1ccccc1OC. The van der Waals surface area contributed by atoms with Gasteiger partial charge in [-0.3, -0.25) is 9.69 Å². The van der Waals surface area contributed by atoms with Gasteiger partial charge in [0.25, 0.3) is 0 Å². The van der Waals surface area contributed by atoms with Gasteiger partial charge in [-0.25, -0.2) is 0 Å². The summed E-state index contributed by atoms with van der Waals surface area (Å²) in [5.41, 5.74) is 2.63. The number of rotatable bonds is 14. The quantitative estimate of drug-likeness (QED) is 0.307. The van der Waals surface area contributed by atoms with Gasteiger partial charge < -0.3 is 23.8 Å². The molecule has 0 N–H and O–H groups in total. The highest BCUT2D eigenvalue weighted by atomic mass is 16.7. The second kappa shape index (κ2) is 12.6. The molecule has 1 amide bonds. The van der Waals surface area contributed by atoms with Crippen molar-refractivity contribution < 1.29 is 23.7 Å². The monoisotopic (exact) mass is 536 g/mol. The number of carbonyl (C=O) groups is 1. The van der Waals surface area contributed by atoms with Crippen molar-refractivity contribution in [3.05, 3.63) is 53.6 Å². The van der Waals surface area contributed by atoms with Crippen LogP contribution in [-0.4, -0.2) is 75.0 Å². The second-order valence-electron chi connectivity index (χ2n) is 11.3. The molecule has 2 aromatic carbocycles. The molecule has 1 spiro atoms. The minimum absolute atomic E-state index is 0.0850. The van der Waals surface area contributed by atoms with Gasteiger partial charge in [-0.15, -0.1) is 0 Å². The molecular weight excluding hydrogens is 492 g/mol. The van der Waals surface area contributed by atoms with Crippen LogP contribution in [0.1, 0.15) is 62.5 Å². The third-order valence-electron chi connectivity index (χ3n) is 8.93. The van der Waals surface area contributed by atoms with E-state index < -0.39 is 0 Å². The Labute approximate surface area is 233 Å². The van der Waals surface area contributed by atoms with Crippen molar-refractivity contribution in [3.63, 3.8) is 0 Å². The number of aryl methyl sites for hydroxylation is 1. The van der Waals surface area contributed by atoms with Crippen LogP contribution >= 0.6 is 0 Å². The molecule has 39 heavy (non-hydrogen) atoms. The largest absolute Gasteiger partial charge is 0.496 e. The molecule has 2 heterocycles. The number of benzene rings is 2. The van der Waals surface area contributed by atoms with E-state index in [1.165, 1.54) is 11.1 Å². The zero-order chi connectivity index (χ0) is 27.2. The summed E-state index contributed by atoms with van der Waals surface area (Å²) in [6, 6.07) is 14.7. The van der Waals surface area contributed by atoms with Crippen molar-refractivity contribution in [1.82, 2.24) is 9.80 Å². The van der Waals surface area contributed by atoms with Gasteiger partial charge >= 0.3 is 0 Å². The van der Waals surface area contributed by atoms with Gasteiger partial charge in [0.15, 0.2) is 11.5 Å². The highest BCUT2D eigenvalue weighted by Gasteiger charge is 2.62. The van der Waals surface area contributed by atoms with E-state index in [-0.39, 0.29) is 18.2 Å². The van der Waals surface area contributed by atoms with Crippen LogP contribution in [0.5, 0.6) is 17.2 Å². The summed E-state index contributed by atoms with van der Waals surface area (Å²) >= 11 is 0. The Kier molecular flexibility index (Phi) is 8.98. The number of hydrogen-bond donors (Lipinski definition) is 0. The lowest BCUT2D eigenvalue weighted by Crippen LogP contribution is -2.44. The average Bonchev–Trinajstić information content (AvgIpc) is 3.26. The number of amides is 1. The van der Waals surface area contributed by atoms with Crippen molar-refractivity contribution >= 4 is 5.91 Å². The number of hydrogen-bond acceptors (Lipinski definition) is 6. The lowest BCUT2D eigenvalue weighted by molar-refractivity contribution is -0.133. The van der Waals surface area contributed by atoms with Gasteiger partial charge in [-0.05, 0) is 79.7 Å². The number of methoxy groups -OCH3 is 2. The summed E-state index contributed by atoms with van der Waals surface area (Å²) in [5.74, 6) is 3.82. The molecule has 1 saturated carbocycles. The van der Waals surface area contributed by atoms with Crippen LogP contribution in [-0.2, 0) is 16.0 Å². The van der Waals surface area contributed by atoms with Crippen molar-refractivity contribution in [3.8, 4) is 17.2 Å². The summed E-state index contributed by atoms with van der Waals surface area (Å²) in [5, 5.41) is 0. The highest BCUT2D eigenvalue weighted by molar-refractivity contribution is 5.78. The van der Waals surface area contributed by atoms with E-state index in [0.717, 1.165) is 81.8 Å². The number of likely N-dealkylation sites (tertiary alicyclic amines) is 1. The molecule has 7 nitrogen and oxygen atoms in total. The summed E-state index contributed by atoms with van der Waals surface area (Å²) in [4.78, 5) is 18.3. The van der Waals surface area contributed by atoms with Gasteiger partial charge in [0.05, 0.1) is 13.7 Å². The number of para-hydroxylation sites is 1. The lowest BCUT2D eigenvalue weighted by Gasteiger charge is -2.29. The number of ether oxygens (including phenoxy) is 4. The van der Waals surface area contributed by atoms with Crippen LogP contribution in [0.25, 0.3) is 0 Å². The fraction of sp³-hybridized carbons (Fsp3) is 0.594. The smallest absolute Gasteiger partial charge is 0.236 e. The second-order valence-corrected chi connectivity index (χ2v) is 11.3. The first-order valence-corrected chi connectivity index (χ1v) is 14.6. The molecule has 3 aliphatic rings. The molecule has 5 rings (SSSR count). The average molecular weight is 537 g/mol. The Bertz CT molecular complexity index is 1120. The van der Waals surface area contributed by atoms with Gasteiger partial charge in [0.1, 0.15) is 5.75 Å². The summed E-state index contributed by atoms with van der Waals surface area (Å²) in [6.07, 6.45) is 7.31. The molecule has 2 fully saturated rings. The Morgan fingerprint density at radius 1 is 1.08 bits per heavy atom. The molecule has 7 heteroatoms. The predicted molar refractivity (Wildman–Crippen MR) is 152 cm³/mol. The van der Waals surface area contributed by atoms with Crippen molar-refractivity contribution in [2.45, 2.75) is 63.3 Å². The van der Waals surface area contributed by atoms with Crippen LogP contribution < -0.4 is 14.2 Å². The summed E-state index contributed by atoms with van der Waals surface area (Å²) in [6.45, 7) is 6.12. The first-order valence-electron chi connectivity index (χ1n) is 14.6. The van der Waals surface area contributed by atoms with E-state index in [1.54, 1.807) is 14.2 Å². The van der Waals surface area contributed by atoms with E-state index in [2.05, 4.69) is 41.0 Å². The number of carbonyl (C=O) groups excluding carboxylic acids is 1. The third kappa shape index (κ3) is 6.20. The van der Waals surface area contributed by atoms with E-state index >= 15 is 0 Å². The zero-order valence-corrected chi connectivity index (χ0v) is 23.8. The van der Waals surface area contributed by atoms with E-state index in [9.17, 15) is 4.79 Å². The van der Waals surface area contributed by atoms with Crippen LogP contribution in [0, 0.1) is 5.92 Å². The third-order valence-corrected chi connectivity index (χ3v) is 8.93. The van der Waals surface area contributed by atoms with E-state index in [0.29, 0.717) is 25.0 Å². The van der Waals surface area contributed by atoms with Crippen molar-refractivity contribution in [1.29, 1.82) is 0 Å². The van der Waals surface area contributed by atoms with Crippen LogP contribution in [0.2, 0.25) is 0 Å². The van der Waals surface area contributed by atoms with Crippen LogP contribution in [0.3, 0.4) is 0 Å². The Morgan fingerprint density at radius 2 is 1.90 bits per heavy atom. The van der Waals surface area contributed by atoms with Gasteiger partial charge in [-0.2, -0.15) is 0 Å². The molecule has 1 saturated heterocycles. The zero-order valence-electron chi connectivity index (χ0n) is 23.8. The predicted octanol–water partition coefficient (Wildman–Crippen LogP) is 5.27. The summed E-state index contributed by atoms with van der Waals surface area (Å²) < 4.78 is 22.1. The molecule has 0 bridgehead atoms. The van der Waals surface area contributed by atoms with Gasteiger partial charge in [0, 0.05) is 38.9 Å². The van der Waals surface area contributed by atoms with Crippen molar-refractivity contribution in [2.24, 2.45) is 5.92 Å². The maximum Gasteiger partial charge on any atom is 0.236 e. The minimum atomic E-state index is 0.0850. The number of unbranched alkanes of at least 4 members (excludes halogenated alkanes) is 1. The van der Waals surface area contributed by atoms with Crippen LogP contribution in [0.15, 0.2) is 42.5 Å². The molecule has 3 atom stereocenters. The van der Waals surface area contributed by atoms with Gasteiger partial charge in [0.2, 0.25) is 12.7 Å². The molecule has 0 aromatic heterocycles. The normalized spacial score (nSPS) is 23.4. The maximum atomic E-state index is 13.7. The molecule has 1 aliphatic carbocycles.